The lowest BCUT2D eigenvalue weighted by Gasteiger charge is -2.26. The van der Waals surface area contributed by atoms with Crippen molar-refractivity contribution in [3.05, 3.63) is 79.2 Å². The van der Waals surface area contributed by atoms with Gasteiger partial charge in [0.15, 0.2) is 0 Å². The number of aromatic nitrogens is 3. The minimum absolute atomic E-state index is 0.0199. The van der Waals surface area contributed by atoms with Crippen molar-refractivity contribution in [1.82, 2.24) is 15.0 Å². The molecule has 0 saturated heterocycles. The number of rotatable bonds is 5. The number of nitrogens with zero attached hydrogens (tertiary/aromatic N) is 3. The first-order chi connectivity index (χ1) is 11.9. The molecule has 0 radical (unpaired) electrons. The van der Waals surface area contributed by atoms with Crippen LogP contribution in [0.2, 0.25) is 0 Å². The lowest BCUT2D eigenvalue weighted by molar-refractivity contribution is 0.408. The van der Waals surface area contributed by atoms with Crippen molar-refractivity contribution >= 4 is 0 Å². The Morgan fingerprint density at radius 1 is 1.20 bits per heavy atom. The van der Waals surface area contributed by atoms with Crippen molar-refractivity contribution < 1.29 is 0 Å². The van der Waals surface area contributed by atoms with Gasteiger partial charge in [-0.05, 0) is 26.2 Å². The van der Waals surface area contributed by atoms with Gasteiger partial charge in [0.05, 0.1) is 0 Å². The summed E-state index contributed by atoms with van der Waals surface area (Å²) < 4.78 is 0. The molecule has 1 heterocycles. The predicted molar refractivity (Wildman–Crippen MR) is 103 cm³/mol. The summed E-state index contributed by atoms with van der Waals surface area (Å²) in [5.41, 5.74) is -0.128. The molecule has 1 spiro atoms. The summed E-state index contributed by atoms with van der Waals surface area (Å²) in [5.74, 6) is 2.22. The van der Waals surface area contributed by atoms with Gasteiger partial charge in [0, 0.05) is 16.2 Å². The smallest absolute Gasteiger partial charge is 0.141 e. The average Bonchev–Trinajstić information content (AvgIpc) is 3.21. The van der Waals surface area contributed by atoms with Crippen LogP contribution in [0.25, 0.3) is 0 Å². The largest absolute Gasteiger partial charge is 0.221 e. The van der Waals surface area contributed by atoms with Gasteiger partial charge in [-0.3, -0.25) is 0 Å². The van der Waals surface area contributed by atoms with Crippen LogP contribution in [-0.2, 0) is 10.8 Å². The van der Waals surface area contributed by atoms with Gasteiger partial charge in [-0.15, -0.1) is 0 Å². The van der Waals surface area contributed by atoms with Crippen LogP contribution in [0.5, 0.6) is 0 Å². The standard InChI is InChI=1S/C22H27N3/c1-6-7-8-10-13-20(3,4)18-23-16-24-19(25-18)21(5)15-22(21)14-11-9-12-17(22)2/h6-14,16-17H,1,15H2,2-5H3/b8-7-,13-10-. The Hall–Kier alpha value is -2.29. The molecule has 130 valence electrons. The highest BCUT2D eigenvalue weighted by atomic mass is 15.0. The molecule has 1 aromatic rings. The Morgan fingerprint density at radius 3 is 2.72 bits per heavy atom. The Balaban J connectivity index is 1.89. The number of hydrogen-bond donors (Lipinski definition) is 0. The van der Waals surface area contributed by atoms with Crippen molar-refractivity contribution in [3.63, 3.8) is 0 Å². The summed E-state index contributed by atoms with van der Waals surface area (Å²) in [6, 6.07) is 0. The summed E-state index contributed by atoms with van der Waals surface area (Å²) in [5, 5.41) is 0. The zero-order chi connectivity index (χ0) is 18.1. The normalized spacial score (nSPS) is 31.3. The van der Waals surface area contributed by atoms with E-state index in [2.05, 4.69) is 74.6 Å². The van der Waals surface area contributed by atoms with Gasteiger partial charge in [-0.1, -0.05) is 75.1 Å². The second-order valence-electron chi connectivity index (χ2n) is 7.92. The molecule has 3 rings (SSSR count). The molecule has 1 aromatic heterocycles. The zero-order valence-corrected chi connectivity index (χ0v) is 15.6. The monoisotopic (exact) mass is 333 g/mol. The van der Waals surface area contributed by atoms with Crippen LogP contribution in [0, 0.1) is 11.3 Å². The molecular weight excluding hydrogens is 306 g/mol. The third-order valence-electron chi connectivity index (χ3n) is 5.78. The molecule has 0 aliphatic heterocycles. The van der Waals surface area contributed by atoms with E-state index in [0.717, 1.165) is 18.1 Å². The van der Waals surface area contributed by atoms with E-state index in [1.165, 1.54) is 0 Å². The van der Waals surface area contributed by atoms with Gasteiger partial charge in [-0.2, -0.15) is 0 Å². The Bertz CT molecular complexity index is 784. The predicted octanol–water partition coefficient (Wildman–Crippen LogP) is 4.86. The molecule has 3 nitrogen and oxygen atoms in total. The molecule has 3 atom stereocenters. The first kappa shape index (κ1) is 17.5. The van der Waals surface area contributed by atoms with Gasteiger partial charge >= 0.3 is 0 Å². The van der Waals surface area contributed by atoms with Crippen LogP contribution < -0.4 is 0 Å². The molecule has 0 N–H and O–H groups in total. The van der Waals surface area contributed by atoms with E-state index < -0.39 is 0 Å². The molecule has 0 aromatic carbocycles. The molecule has 3 heteroatoms. The van der Waals surface area contributed by atoms with Crippen molar-refractivity contribution in [2.45, 2.75) is 44.9 Å². The minimum Gasteiger partial charge on any atom is -0.221 e. The summed E-state index contributed by atoms with van der Waals surface area (Å²) in [6.07, 6.45) is 21.4. The maximum absolute atomic E-state index is 4.89. The van der Waals surface area contributed by atoms with Crippen molar-refractivity contribution in [2.75, 3.05) is 0 Å². The molecule has 2 aliphatic rings. The van der Waals surface area contributed by atoms with Crippen LogP contribution in [0.1, 0.15) is 45.8 Å². The van der Waals surface area contributed by atoms with Gasteiger partial charge in [0.25, 0.3) is 0 Å². The van der Waals surface area contributed by atoms with E-state index in [-0.39, 0.29) is 16.2 Å². The van der Waals surface area contributed by atoms with Crippen LogP contribution in [0.15, 0.2) is 67.6 Å². The van der Waals surface area contributed by atoms with Crippen LogP contribution in [-0.4, -0.2) is 15.0 Å². The highest BCUT2D eigenvalue weighted by Crippen LogP contribution is 2.69. The highest BCUT2D eigenvalue weighted by molar-refractivity contribution is 5.40. The van der Waals surface area contributed by atoms with Gasteiger partial charge < -0.3 is 0 Å². The summed E-state index contributed by atoms with van der Waals surface area (Å²) in [6.45, 7) is 12.5. The third kappa shape index (κ3) is 2.92. The fourth-order valence-electron chi connectivity index (χ4n) is 3.90. The highest BCUT2D eigenvalue weighted by Gasteiger charge is 2.67. The van der Waals surface area contributed by atoms with E-state index in [4.69, 9.17) is 4.98 Å². The zero-order valence-electron chi connectivity index (χ0n) is 15.6. The molecule has 3 unspecified atom stereocenters. The Kier molecular flexibility index (Phi) is 4.36. The molecule has 1 fully saturated rings. The van der Waals surface area contributed by atoms with E-state index in [9.17, 15) is 0 Å². The summed E-state index contributed by atoms with van der Waals surface area (Å²) >= 11 is 0. The molecule has 0 bridgehead atoms. The van der Waals surface area contributed by atoms with Gasteiger partial charge in [-0.25, -0.2) is 15.0 Å². The molecule has 2 aliphatic carbocycles. The van der Waals surface area contributed by atoms with Crippen LogP contribution >= 0.6 is 0 Å². The van der Waals surface area contributed by atoms with E-state index in [1.54, 1.807) is 12.4 Å². The van der Waals surface area contributed by atoms with Crippen molar-refractivity contribution in [2.24, 2.45) is 11.3 Å². The summed E-state index contributed by atoms with van der Waals surface area (Å²) in [4.78, 5) is 13.9. The van der Waals surface area contributed by atoms with Crippen LogP contribution in [0.4, 0.5) is 0 Å². The lowest BCUT2D eigenvalue weighted by atomic mass is 9.79. The van der Waals surface area contributed by atoms with Gasteiger partial charge in [0.2, 0.25) is 0 Å². The summed E-state index contributed by atoms with van der Waals surface area (Å²) in [7, 11) is 0. The Labute approximate surface area is 151 Å². The van der Waals surface area contributed by atoms with Crippen LogP contribution in [0.3, 0.4) is 0 Å². The van der Waals surface area contributed by atoms with E-state index >= 15 is 0 Å². The molecule has 25 heavy (non-hydrogen) atoms. The first-order valence-corrected chi connectivity index (χ1v) is 8.89. The minimum atomic E-state index is -0.254. The molecular formula is C22H27N3. The maximum Gasteiger partial charge on any atom is 0.141 e. The number of hydrogen-bond acceptors (Lipinski definition) is 3. The van der Waals surface area contributed by atoms with Gasteiger partial charge in [0.1, 0.15) is 18.0 Å². The number of allylic oxidation sites excluding steroid dienone is 9. The van der Waals surface area contributed by atoms with Crippen molar-refractivity contribution in [1.29, 1.82) is 0 Å². The second kappa shape index (κ2) is 6.21. The maximum atomic E-state index is 4.89. The molecule has 1 saturated carbocycles. The quantitative estimate of drug-likeness (QED) is 0.723. The first-order valence-electron chi connectivity index (χ1n) is 8.89. The van der Waals surface area contributed by atoms with Crippen molar-refractivity contribution in [3.8, 4) is 0 Å². The third-order valence-corrected chi connectivity index (χ3v) is 5.78. The Morgan fingerprint density at radius 2 is 2.00 bits per heavy atom. The second-order valence-corrected chi connectivity index (χ2v) is 7.92. The average molecular weight is 333 g/mol. The topological polar surface area (TPSA) is 38.7 Å². The SMILES string of the molecule is C=C/C=C\C=C/C(C)(C)c1ncnc(C2(C)CC23C=CC=CC3C)n1. The molecule has 0 amide bonds. The fraction of sp³-hybridized carbons (Fsp3) is 0.409. The van der Waals surface area contributed by atoms with E-state index in [0.29, 0.717) is 5.92 Å². The van der Waals surface area contributed by atoms with E-state index in [1.807, 2.05) is 18.2 Å². The fourth-order valence-corrected chi connectivity index (χ4v) is 3.90. The lowest BCUT2D eigenvalue weighted by Crippen LogP contribution is -2.26.